The third-order valence-corrected chi connectivity index (χ3v) is 6.29. The second-order valence-electron chi connectivity index (χ2n) is 3.53. The third kappa shape index (κ3) is 4.55. The predicted octanol–water partition coefficient (Wildman–Crippen LogP) is 3.18. The van der Waals surface area contributed by atoms with E-state index < -0.39 is 23.0 Å². The van der Waals surface area contributed by atoms with E-state index in [0.717, 1.165) is 0 Å². The van der Waals surface area contributed by atoms with Crippen LogP contribution in [0.25, 0.3) is 0 Å². The number of hydrogen-bond acceptors (Lipinski definition) is 6. The summed E-state index contributed by atoms with van der Waals surface area (Å²) in [7, 11) is -8.01. The lowest BCUT2D eigenvalue weighted by Gasteiger charge is -2.21. The van der Waals surface area contributed by atoms with Gasteiger partial charge in [-0.1, -0.05) is 29.8 Å². The number of alkyl halides is 1. The minimum absolute atomic E-state index is 0.0508. The normalized spacial score (nSPS) is 14.2. The van der Waals surface area contributed by atoms with Crippen LogP contribution in [-0.4, -0.2) is 26.9 Å². The highest BCUT2D eigenvalue weighted by molar-refractivity contribution is 7.87. The summed E-state index contributed by atoms with van der Waals surface area (Å²) in [6.07, 6.45) is 0. The monoisotopic (exact) mass is 342 g/mol. The first-order valence-corrected chi connectivity index (χ1v) is 9.32. The number of benzene rings is 1. The molecule has 0 aliphatic carbocycles. The van der Waals surface area contributed by atoms with Gasteiger partial charge in [0.15, 0.2) is 0 Å². The van der Waals surface area contributed by atoms with Crippen molar-refractivity contribution in [2.45, 2.75) is 24.0 Å². The van der Waals surface area contributed by atoms with Gasteiger partial charge in [0.25, 0.3) is 15.4 Å². The molecule has 114 valence electrons. The molecule has 0 saturated carbocycles. The Morgan fingerprint density at radius 3 is 2.10 bits per heavy atom. The largest absolute Gasteiger partial charge is 0.375 e. The van der Waals surface area contributed by atoms with Gasteiger partial charge >= 0.3 is 7.60 Å². The predicted molar refractivity (Wildman–Crippen MR) is 75.2 cm³/mol. The zero-order chi connectivity index (χ0) is 15.2. The second kappa shape index (κ2) is 7.54. The minimum Gasteiger partial charge on any atom is -0.306 e. The Balaban J connectivity index is 2.93. The van der Waals surface area contributed by atoms with Crippen molar-refractivity contribution in [3.05, 3.63) is 30.3 Å². The van der Waals surface area contributed by atoms with E-state index in [2.05, 4.69) is 0 Å². The van der Waals surface area contributed by atoms with Gasteiger partial charge in [0.05, 0.1) is 18.1 Å². The molecule has 0 fully saturated rings. The van der Waals surface area contributed by atoms with Crippen LogP contribution in [0.15, 0.2) is 35.2 Å². The van der Waals surface area contributed by atoms with Crippen LogP contribution in [0.1, 0.15) is 13.8 Å². The highest BCUT2D eigenvalue weighted by Gasteiger charge is 2.39. The lowest BCUT2D eigenvalue weighted by atomic mass is 10.4. The van der Waals surface area contributed by atoms with Gasteiger partial charge < -0.3 is 9.05 Å². The second-order valence-corrected chi connectivity index (χ2v) is 7.87. The molecular weight excluding hydrogens is 327 g/mol. The van der Waals surface area contributed by atoms with E-state index in [-0.39, 0.29) is 18.1 Å². The first-order chi connectivity index (χ1) is 9.35. The molecule has 20 heavy (non-hydrogen) atoms. The van der Waals surface area contributed by atoms with Crippen molar-refractivity contribution < 1.29 is 26.2 Å². The van der Waals surface area contributed by atoms with Crippen LogP contribution in [0.2, 0.25) is 0 Å². The van der Waals surface area contributed by atoms with Crippen molar-refractivity contribution in [1.82, 2.24) is 0 Å². The Kier molecular flexibility index (Phi) is 6.64. The summed E-state index contributed by atoms with van der Waals surface area (Å²) < 4.78 is 50.7. The van der Waals surface area contributed by atoms with Gasteiger partial charge in [0, 0.05) is 0 Å². The van der Waals surface area contributed by atoms with Crippen molar-refractivity contribution in [2.24, 2.45) is 0 Å². The van der Waals surface area contributed by atoms with Crippen molar-refractivity contribution in [2.75, 3.05) is 13.2 Å². The standard InChI is InChI=1S/C11H16ClO6PS/c1-3-16-19(13,17-4-2)11(12)18-20(14,15)10-8-6-5-7-9-10/h5-9,11H,3-4H2,1-2H3. The summed E-state index contributed by atoms with van der Waals surface area (Å²) in [4.78, 5) is -0.0924. The molecule has 9 heteroatoms. The summed E-state index contributed by atoms with van der Waals surface area (Å²) in [5.74, 6) is 0. The van der Waals surface area contributed by atoms with Crippen molar-refractivity contribution in [3.8, 4) is 0 Å². The maximum atomic E-state index is 12.3. The molecule has 0 N–H and O–H groups in total. The molecule has 0 bridgehead atoms. The van der Waals surface area contributed by atoms with E-state index in [1.54, 1.807) is 19.9 Å². The molecule has 0 aliphatic rings. The fourth-order valence-corrected chi connectivity index (χ4v) is 4.54. The van der Waals surface area contributed by atoms with Gasteiger partial charge in [-0.15, -0.1) is 0 Å². The zero-order valence-electron chi connectivity index (χ0n) is 11.1. The molecule has 0 heterocycles. The van der Waals surface area contributed by atoms with Crippen molar-refractivity contribution >= 4 is 29.3 Å². The summed E-state index contributed by atoms with van der Waals surface area (Å²) in [5, 5.41) is -1.74. The molecule has 0 aromatic heterocycles. The Morgan fingerprint density at radius 2 is 1.65 bits per heavy atom. The van der Waals surface area contributed by atoms with Gasteiger partial charge in [0.1, 0.15) is 0 Å². The van der Waals surface area contributed by atoms with Crippen LogP contribution in [0, 0.1) is 0 Å². The minimum atomic E-state index is -4.14. The fraction of sp³-hybridized carbons (Fsp3) is 0.455. The maximum absolute atomic E-state index is 12.3. The molecule has 6 nitrogen and oxygen atoms in total. The molecule has 0 aliphatic heterocycles. The van der Waals surface area contributed by atoms with E-state index in [9.17, 15) is 13.0 Å². The Hall–Kier alpha value is -0.430. The molecule has 1 unspecified atom stereocenters. The molecule has 0 saturated heterocycles. The van der Waals surface area contributed by atoms with Crippen LogP contribution in [0.3, 0.4) is 0 Å². The van der Waals surface area contributed by atoms with Crippen LogP contribution >= 0.6 is 19.2 Å². The van der Waals surface area contributed by atoms with E-state index in [4.69, 9.17) is 24.8 Å². The van der Waals surface area contributed by atoms with E-state index in [0.29, 0.717) is 0 Å². The third-order valence-electron chi connectivity index (χ3n) is 2.10. The lowest BCUT2D eigenvalue weighted by molar-refractivity contribution is 0.188. The Labute approximate surface area is 123 Å². The average molecular weight is 343 g/mol. The number of halogens is 1. The maximum Gasteiger partial charge on any atom is 0.375 e. The van der Waals surface area contributed by atoms with Gasteiger partial charge in [-0.2, -0.15) is 8.42 Å². The summed E-state index contributed by atoms with van der Waals surface area (Å²) >= 11 is 5.77. The van der Waals surface area contributed by atoms with E-state index in [1.807, 2.05) is 0 Å². The highest BCUT2D eigenvalue weighted by Crippen LogP contribution is 2.55. The molecule has 1 aromatic rings. The smallest absolute Gasteiger partial charge is 0.306 e. The molecule has 1 atom stereocenters. The van der Waals surface area contributed by atoms with Crippen LogP contribution in [0.5, 0.6) is 0 Å². The zero-order valence-corrected chi connectivity index (χ0v) is 13.5. The molecule has 1 aromatic carbocycles. The van der Waals surface area contributed by atoms with Gasteiger partial charge in [-0.25, -0.2) is 4.18 Å². The summed E-state index contributed by atoms with van der Waals surface area (Å²) in [6, 6.07) is 7.40. The van der Waals surface area contributed by atoms with Crippen molar-refractivity contribution in [3.63, 3.8) is 0 Å². The van der Waals surface area contributed by atoms with Gasteiger partial charge in [-0.05, 0) is 26.0 Å². The van der Waals surface area contributed by atoms with Crippen LogP contribution in [-0.2, 0) is 27.9 Å². The number of rotatable bonds is 8. The molecule has 0 spiro atoms. The Morgan fingerprint density at radius 1 is 1.15 bits per heavy atom. The first kappa shape index (κ1) is 17.6. The summed E-state index contributed by atoms with van der Waals surface area (Å²) in [5.41, 5.74) is 0. The lowest BCUT2D eigenvalue weighted by Crippen LogP contribution is -2.16. The highest BCUT2D eigenvalue weighted by atomic mass is 35.5. The van der Waals surface area contributed by atoms with E-state index >= 15 is 0 Å². The first-order valence-electron chi connectivity index (χ1n) is 5.87. The quantitative estimate of drug-likeness (QED) is 0.410. The Bertz CT molecular complexity index is 552. The fourth-order valence-electron chi connectivity index (χ4n) is 1.31. The number of hydrogen-bond donors (Lipinski definition) is 0. The molecule has 0 radical (unpaired) electrons. The van der Waals surface area contributed by atoms with Crippen LogP contribution < -0.4 is 0 Å². The van der Waals surface area contributed by atoms with Crippen LogP contribution in [0.4, 0.5) is 0 Å². The molecular formula is C11H16ClO6PS. The van der Waals surface area contributed by atoms with Crippen molar-refractivity contribution in [1.29, 1.82) is 0 Å². The topological polar surface area (TPSA) is 78.9 Å². The average Bonchev–Trinajstić information content (AvgIpc) is 2.40. The molecule has 1 rings (SSSR count). The summed E-state index contributed by atoms with van der Waals surface area (Å²) in [6.45, 7) is 3.27. The van der Waals surface area contributed by atoms with Gasteiger partial charge in [0.2, 0.25) is 0 Å². The molecule has 0 amide bonds. The SMILES string of the molecule is CCOP(=O)(OCC)C(Cl)OS(=O)(=O)c1ccccc1. The van der Waals surface area contributed by atoms with Gasteiger partial charge in [-0.3, -0.25) is 4.57 Å². The van der Waals surface area contributed by atoms with E-state index in [1.165, 1.54) is 24.3 Å².